The van der Waals surface area contributed by atoms with Crippen molar-refractivity contribution in [2.75, 3.05) is 0 Å². The average molecular weight is 355 g/mol. The van der Waals surface area contributed by atoms with Crippen LogP contribution in [0.15, 0.2) is 31.0 Å². The van der Waals surface area contributed by atoms with Crippen LogP contribution in [0, 0.1) is 0 Å². The quantitative estimate of drug-likeness (QED) is 0.823. The fourth-order valence-electron chi connectivity index (χ4n) is 4.31. The molecule has 1 unspecified atom stereocenters. The molecule has 2 aliphatic heterocycles. The van der Waals surface area contributed by atoms with Gasteiger partial charge in [-0.05, 0) is 12.8 Å². The largest absolute Gasteiger partial charge is 0.373 e. The summed E-state index contributed by atoms with van der Waals surface area (Å²) in [7, 11) is 1.88. The van der Waals surface area contributed by atoms with Crippen molar-refractivity contribution in [3.05, 3.63) is 42.2 Å². The highest BCUT2D eigenvalue weighted by Gasteiger charge is 2.63. The monoisotopic (exact) mass is 355 g/mol. The van der Waals surface area contributed by atoms with Gasteiger partial charge in [0.15, 0.2) is 5.60 Å². The van der Waals surface area contributed by atoms with Crippen LogP contribution in [0.5, 0.6) is 0 Å². The molecule has 2 atom stereocenters. The zero-order valence-corrected chi connectivity index (χ0v) is 14.6. The summed E-state index contributed by atoms with van der Waals surface area (Å²) in [6.07, 6.45) is 11.6. The van der Waals surface area contributed by atoms with Crippen LogP contribution in [0.1, 0.15) is 43.0 Å². The van der Waals surface area contributed by atoms with Crippen LogP contribution in [0.2, 0.25) is 0 Å². The topological polar surface area (TPSA) is 82.4 Å². The van der Waals surface area contributed by atoms with E-state index < -0.39 is 5.60 Å². The first-order valence-electron chi connectivity index (χ1n) is 9.00. The van der Waals surface area contributed by atoms with Crippen molar-refractivity contribution in [3.8, 4) is 0 Å². The van der Waals surface area contributed by atoms with E-state index in [1.54, 1.807) is 29.5 Å². The minimum atomic E-state index is -0.703. The van der Waals surface area contributed by atoms with Gasteiger partial charge >= 0.3 is 0 Å². The maximum atomic E-state index is 13.1. The van der Waals surface area contributed by atoms with Crippen LogP contribution < -0.4 is 0 Å². The molecule has 4 heterocycles. The van der Waals surface area contributed by atoms with Crippen LogP contribution in [0.3, 0.4) is 0 Å². The molecule has 1 amide bonds. The summed E-state index contributed by atoms with van der Waals surface area (Å²) >= 11 is 0. The van der Waals surface area contributed by atoms with Gasteiger partial charge in [0.05, 0.1) is 36.8 Å². The summed E-state index contributed by atoms with van der Waals surface area (Å²) in [4.78, 5) is 23.5. The first-order valence-corrected chi connectivity index (χ1v) is 9.00. The van der Waals surface area contributed by atoms with Gasteiger partial charge in [-0.25, -0.2) is 0 Å². The Morgan fingerprint density at radius 3 is 2.92 bits per heavy atom. The Hall–Kier alpha value is -2.32. The molecule has 1 aliphatic carbocycles. The predicted octanol–water partition coefficient (Wildman–Crippen LogP) is 1.35. The van der Waals surface area contributed by atoms with E-state index in [0.29, 0.717) is 19.4 Å². The summed E-state index contributed by atoms with van der Waals surface area (Å²) in [5.41, 5.74) is 1.17. The highest BCUT2D eigenvalue weighted by Crippen LogP contribution is 2.51. The second kappa shape index (κ2) is 5.85. The number of carbonyl (C=O) groups excluding carboxylic acids is 1. The zero-order valence-electron chi connectivity index (χ0n) is 14.6. The third-order valence-corrected chi connectivity index (χ3v) is 5.60. The molecule has 8 heteroatoms. The molecule has 2 aromatic heterocycles. The van der Waals surface area contributed by atoms with Crippen LogP contribution in [0.25, 0.3) is 0 Å². The van der Waals surface area contributed by atoms with Gasteiger partial charge in [0, 0.05) is 44.0 Å². The van der Waals surface area contributed by atoms with Gasteiger partial charge in [-0.2, -0.15) is 5.10 Å². The molecule has 8 nitrogen and oxygen atoms in total. The summed E-state index contributed by atoms with van der Waals surface area (Å²) in [6, 6.07) is -0.0315. The molecule has 5 rings (SSSR count). The number of hydrogen-bond donors (Lipinski definition) is 0. The fourth-order valence-corrected chi connectivity index (χ4v) is 4.31. The van der Waals surface area contributed by atoms with E-state index in [0.717, 1.165) is 24.1 Å². The van der Waals surface area contributed by atoms with Gasteiger partial charge < -0.3 is 14.4 Å². The number of ether oxygens (including phenoxy) is 2. The van der Waals surface area contributed by atoms with E-state index in [9.17, 15) is 4.79 Å². The van der Waals surface area contributed by atoms with E-state index in [4.69, 9.17) is 9.47 Å². The number of fused-ring (bicyclic) bond motifs is 1. The summed E-state index contributed by atoms with van der Waals surface area (Å²) in [5, 5.41) is 4.14. The second-order valence-corrected chi connectivity index (χ2v) is 7.37. The van der Waals surface area contributed by atoms with Gasteiger partial charge in [0.25, 0.3) is 5.91 Å². The Morgan fingerprint density at radius 2 is 2.19 bits per heavy atom. The van der Waals surface area contributed by atoms with Crippen molar-refractivity contribution in [3.63, 3.8) is 0 Å². The highest BCUT2D eigenvalue weighted by atomic mass is 16.6. The van der Waals surface area contributed by atoms with Gasteiger partial charge in [-0.1, -0.05) is 0 Å². The second-order valence-electron chi connectivity index (χ2n) is 7.37. The standard InChI is InChI=1S/C18H21N5O3/c1-22-10-12(8-21-22)11-25-13-6-18(7-13)17(24)23-15(2-3-16(23)26-18)14-9-19-4-5-20-14/h4-5,8-10,13,15-16H,2-3,6-7,11H2,1H3/t13?,15-,16?,18?/m0/s1. The van der Waals surface area contributed by atoms with Crippen LogP contribution in [0.4, 0.5) is 0 Å². The molecule has 3 fully saturated rings. The summed E-state index contributed by atoms with van der Waals surface area (Å²) < 4.78 is 13.9. The normalized spacial score (nSPS) is 32.9. The van der Waals surface area contributed by atoms with Gasteiger partial charge in [0.2, 0.25) is 0 Å². The Bertz CT molecular complexity index is 817. The lowest BCUT2D eigenvalue weighted by molar-refractivity contribution is -0.177. The highest BCUT2D eigenvalue weighted by molar-refractivity contribution is 5.89. The van der Waals surface area contributed by atoms with E-state index in [-0.39, 0.29) is 24.3 Å². The Balaban J connectivity index is 1.23. The maximum Gasteiger partial charge on any atom is 0.257 e. The molecule has 2 saturated heterocycles. The van der Waals surface area contributed by atoms with Crippen LogP contribution in [-0.2, 0) is 27.9 Å². The minimum Gasteiger partial charge on any atom is -0.373 e. The van der Waals surface area contributed by atoms with Gasteiger partial charge in [0.1, 0.15) is 6.23 Å². The van der Waals surface area contributed by atoms with Crippen molar-refractivity contribution < 1.29 is 14.3 Å². The molecule has 3 aliphatic rings. The fraction of sp³-hybridized carbons (Fsp3) is 0.556. The molecule has 0 radical (unpaired) electrons. The molecular formula is C18H21N5O3. The number of nitrogens with zero attached hydrogens (tertiary/aromatic N) is 5. The van der Waals surface area contributed by atoms with Crippen LogP contribution in [-0.4, -0.2) is 48.5 Å². The number of aromatic nitrogens is 4. The van der Waals surface area contributed by atoms with Gasteiger partial charge in [-0.15, -0.1) is 0 Å². The first kappa shape index (κ1) is 15.9. The van der Waals surface area contributed by atoms with Crippen molar-refractivity contribution in [2.24, 2.45) is 7.05 Å². The molecule has 136 valence electrons. The number of aryl methyl sites for hydroxylation is 1. The van der Waals surface area contributed by atoms with Crippen molar-refractivity contribution >= 4 is 5.91 Å². The van der Waals surface area contributed by atoms with E-state index in [1.807, 2.05) is 18.1 Å². The molecule has 2 aromatic rings. The van der Waals surface area contributed by atoms with Crippen molar-refractivity contribution in [1.29, 1.82) is 0 Å². The smallest absolute Gasteiger partial charge is 0.257 e. The molecule has 1 spiro atoms. The number of rotatable bonds is 4. The molecular weight excluding hydrogens is 334 g/mol. The molecule has 0 bridgehead atoms. The lowest BCUT2D eigenvalue weighted by Gasteiger charge is -2.42. The van der Waals surface area contributed by atoms with Crippen molar-refractivity contribution in [2.45, 2.75) is 56.3 Å². The Kier molecular flexibility index (Phi) is 3.58. The molecule has 26 heavy (non-hydrogen) atoms. The third kappa shape index (κ3) is 2.44. The molecule has 1 saturated carbocycles. The lowest BCUT2D eigenvalue weighted by atomic mass is 9.76. The van der Waals surface area contributed by atoms with Crippen LogP contribution >= 0.6 is 0 Å². The van der Waals surface area contributed by atoms with Crippen molar-refractivity contribution in [1.82, 2.24) is 24.6 Å². The van der Waals surface area contributed by atoms with Gasteiger partial charge in [-0.3, -0.25) is 19.4 Å². The Labute approximate surface area is 151 Å². The number of amides is 1. The number of carbonyl (C=O) groups is 1. The first-order chi connectivity index (χ1) is 12.6. The minimum absolute atomic E-state index is 0.0315. The lowest BCUT2D eigenvalue weighted by Crippen LogP contribution is -2.54. The predicted molar refractivity (Wildman–Crippen MR) is 89.5 cm³/mol. The number of hydrogen-bond acceptors (Lipinski definition) is 6. The Morgan fingerprint density at radius 1 is 1.31 bits per heavy atom. The van der Waals surface area contributed by atoms with E-state index in [1.165, 1.54) is 0 Å². The maximum absolute atomic E-state index is 13.1. The average Bonchev–Trinajstić information content (AvgIpc) is 3.29. The molecule has 0 N–H and O–H groups in total. The summed E-state index contributed by atoms with van der Waals surface area (Å²) in [5.74, 6) is 0.0804. The van der Waals surface area contributed by atoms with E-state index in [2.05, 4.69) is 15.1 Å². The van der Waals surface area contributed by atoms with E-state index >= 15 is 0 Å². The molecule has 0 aromatic carbocycles. The SMILES string of the molecule is Cn1cc(COC2CC3(C2)OC2CC[C@@H](c4cnccn4)N2C3=O)cn1. The summed E-state index contributed by atoms with van der Waals surface area (Å²) in [6.45, 7) is 0.512. The third-order valence-electron chi connectivity index (χ3n) is 5.60. The zero-order chi connectivity index (χ0) is 17.7.